The SMILES string of the molecule is COc1ccc(NC(=O)C(=O)NNC(=O)COc2ccc(OC)cc2)cc1. The molecule has 2 aromatic carbocycles. The molecule has 0 saturated carbocycles. The summed E-state index contributed by atoms with van der Waals surface area (Å²) in [7, 11) is 3.05. The van der Waals surface area contributed by atoms with Crippen molar-refractivity contribution >= 4 is 23.4 Å². The number of carbonyl (C=O) groups excluding carboxylic acids is 3. The molecular formula is C18H19N3O6. The zero-order valence-electron chi connectivity index (χ0n) is 14.8. The van der Waals surface area contributed by atoms with E-state index in [1.165, 1.54) is 14.2 Å². The third-order valence-electron chi connectivity index (χ3n) is 3.30. The number of nitrogens with one attached hydrogen (secondary N) is 3. The molecule has 2 aromatic rings. The van der Waals surface area contributed by atoms with Gasteiger partial charge in [0.25, 0.3) is 5.91 Å². The molecule has 0 heterocycles. The van der Waals surface area contributed by atoms with Crippen LogP contribution in [0.1, 0.15) is 0 Å². The summed E-state index contributed by atoms with van der Waals surface area (Å²) in [6.45, 7) is -0.341. The minimum Gasteiger partial charge on any atom is -0.497 e. The summed E-state index contributed by atoms with van der Waals surface area (Å²) in [6, 6.07) is 13.0. The lowest BCUT2D eigenvalue weighted by Gasteiger charge is -2.09. The number of ether oxygens (including phenoxy) is 3. The van der Waals surface area contributed by atoms with Gasteiger partial charge in [0.05, 0.1) is 14.2 Å². The quantitative estimate of drug-likeness (QED) is 0.511. The zero-order chi connectivity index (χ0) is 19.6. The number of rotatable bonds is 6. The van der Waals surface area contributed by atoms with Crippen LogP contribution in [0.15, 0.2) is 48.5 Å². The van der Waals surface area contributed by atoms with Crippen molar-refractivity contribution in [2.45, 2.75) is 0 Å². The molecule has 27 heavy (non-hydrogen) atoms. The standard InChI is InChI=1S/C18H19N3O6/c1-25-13-5-3-12(4-6-13)19-17(23)18(24)21-20-16(22)11-27-15-9-7-14(26-2)8-10-15/h3-10H,11H2,1-2H3,(H,19,23)(H,20,22)(H,21,24). The maximum Gasteiger partial charge on any atom is 0.328 e. The van der Waals surface area contributed by atoms with Crippen LogP contribution < -0.4 is 30.4 Å². The molecule has 9 heteroatoms. The Labute approximate surface area is 155 Å². The molecule has 0 bridgehead atoms. The van der Waals surface area contributed by atoms with Gasteiger partial charge in [-0.25, -0.2) is 0 Å². The molecule has 0 aliphatic heterocycles. The van der Waals surface area contributed by atoms with Crippen LogP contribution in [0.3, 0.4) is 0 Å². The molecule has 0 radical (unpaired) electrons. The van der Waals surface area contributed by atoms with Crippen LogP contribution >= 0.6 is 0 Å². The van der Waals surface area contributed by atoms with Crippen LogP contribution in [0, 0.1) is 0 Å². The Bertz CT molecular complexity index is 790. The first-order valence-corrected chi connectivity index (χ1v) is 7.83. The minimum absolute atomic E-state index is 0.341. The summed E-state index contributed by atoms with van der Waals surface area (Å²) < 4.78 is 15.3. The Kier molecular flexibility index (Phi) is 7.00. The molecule has 0 atom stereocenters. The van der Waals surface area contributed by atoms with E-state index in [2.05, 4.69) is 10.7 Å². The maximum atomic E-state index is 11.8. The number of amides is 3. The summed E-state index contributed by atoms with van der Waals surface area (Å²) in [4.78, 5) is 35.1. The lowest BCUT2D eigenvalue weighted by molar-refractivity contribution is -0.138. The Hall–Kier alpha value is -3.75. The molecule has 3 amide bonds. The number of hydrogen-bond acceptors (Lipinski definition) is 6. The summed E-state index contributed by atoms with van der Waals surface area (Å²) in [5.74, 6) is -0.866. The van der Waals surface area contributed by atoms with E-state index in [-0.39, 0.29) is 6.61 Å². The van der Waals surface area contributed by atoms with E-state index in [1.54, 1.807) is 48.5 Å². The number of methoxy groups -OCH3 is 2. The molecule has 0 spiro atoms. The number of benzene rings is 2. The highest BCUT2D eigenvalue weighted by molar-refractivity contribution is 6.39. The van der Waals surface area contributed by atoms with E-state index >= 15 is 0 Å². The molecular weight excluding hydrogens is 354 g/mol. The number of hydrogen-bond donors (Lipinski definition) is 3. The first-order valence-electron chi connectivity index (χ1n) is 7.83. The monoisotopic (exact) mass is 373 g/mol. The molecule has 3 N–H and O–H groups in total. The van der Waals surface area contributed by atoms with Gasteiger partial charge in [-0.15, -0.1) is 0 Å². The third-order valence-corrected chi connectivity index (χ3v) is 3.30. The van der Waals surface area contributed by atoms with Gasteiger partial charge in [0, 0.05) is 5.69 Å². The van der Waals surface area contributed by atoms with Crippen LogP contribution in [0.4, 0.5) is 5.69 Å². The predicted molar refractivity (Wildman–Crippen MR) is 96.4 cm³/mol. The second kappa shape index (κ2) is 9.66. The van der Waals surface area contributed by atoms with Gasteiger partial charge in [-0.05, 0) is 48.5 Å². The molecule has 0 aliphatic rings. The van der Waals surface area contributed by atoms with E-state index in [4.69, 9.17) is 14.2 Å². The normalized spacial score (nSPS) is 9.70. The molecule has 0 fully saturated rings. The van der Waals surface area contributed by atoms with Crippen molar-refractivity contribution in [3.8, 4) is 17.2 Å². The van der Waals surface area contributed by atoms with Crippen molar-refractivity contribution in [2.75, 3.05) is 26.1 Å². The van der Waals surface area contributed by atoms with Crippen molar-refractivity contribution in [1.82, 2.24) is 10.9 Å². The lowest BCUT2D eigenvalue weighted by atomic mass is 10.3. The highest BCUT2D eigenvalue weighted by atomic mass is 16.5. The van der Waals surface area contributed by atoms with Crippen LogP contribution in [-0.2, 0) is 14.4 Å². The minimum atomic E-state index is -1.02. The fraction of sp³-hybridized carbons (Fsp3) is 0.167. The van der Waals surface area contributed by atoms with E-state index in [0.717, 1.165) is 0 Å². The van der Waals surface area contributed by atoms with Gasteiger partial charge in [-0.3, -0.25) is 25.2 Å². The van der Waals surface area contributed by atoms with Gasteiger partial charge in [0.15, 0.2) is 6.61 Å². The Balaban J connectivity index is 1.72. The van der Waals surface area contributed by atoms with Gasteiger partial charge in [-0.2, -0.15) is 0 Å². The Morgan fingerprint density at radius 2 is 1.26 bits per heavy atom. The fourth-order valence-electron chi connectivity index (χ4n) is 1.90. The first kappa shape index (κ1) is 19.6. The second-order valence-electron chi connectivity index (χ2n) is 5.15. The van der Waals surface area contributed by atoms with Crippen molar-refractivity contribution < 1.29 is 28.6 Å². The zero-order valence-corrected chi connectivity index (χ0v) is 14.8. The smallest absolute Gasteiger partial charge is 0.328 e. The summed E-state index contributed by atoms with van der Waals surface area (Å²) in [6.07, 6.45) is 0. The second-order valence-corrected chi connectivity index (χ2v) is 5.15. The molecule has 0 aromatic heterocycles. The largest absolute Gasteiger partial charge is 0.497 e. The highest BCUT2D eigenvalue weighted by Crippen LogP contribution is 2.17. The predicted octanol–water partition coefficient (Wildman–Crippen LogP) is 0.869. The Morgan fingerprint density at radius 3 is 1.81 bits per heavy atom. The number of anilines is 1. The van der Waals surface area contributed by atoms with Crippen LogP contribution in [-0.4, -0.2) is 38.5 Å². The van der Waals surface area contributed by atoms with Crippen LogP contribution in [0.25, 0.3) is 0 Å². The third kappa shape index (κ3) is 6.24. The molecule has 2 rings (SSSR count). The topological polar surface area (TPSA) is 115 Å². The molecule has 0 saturated heterocycles. The fourth-order valence-corrected chi connectivity index (χ4v) is 1.90. The maximum absolute atomic E-state index is 11.8. The van der Waals surface area contributed by atoms with Crippen molar-refractivity contribution in [2.24, 2.45) is 0 Å². The van der Waals surface area contributed by atoms with Gasteiger partial charge >= 0.3 is 11.8 Å². The van der Waals surface area contributed by atoms with Gasteiger partial charge < -0.3 is 19.5 Å². The van der Waals surface area contributed by atoms with E-state index < -0.39 is 17.7 Å². The van der Waals surface area contributed by atoms with Crippen LogP contribution in [0.5, 0.6) is 17.2 Å². The molecule has 142 valence electrons. The van der Waals surface area contributed by atoms with E-state index in [9.17, 15) is 14.4 Å². The van der Waals surface area contributed by atoms with Crippen molar-refractivity contribution in [3.63, 3.8) is 0 Å². The van der Waals surface area contributed by atoms with Gasteiger partial charge in [0.2, 0.25) is 0 Å². The Morgan fingerprint density at radius 1 is 0.741 bits per heavy atom. The lowest BCUT2D eigenvalue weighted by Crippen LogP contribution is -2.48. The summed E-state index contributed by atoms with van der Waals surface area (Å²) in [5.41, 5.74) is 4.50. The van der Waals surface area contributed by atoms with Crippen molar-refractivity contribution in [3.05, 3.63) is 48.5 Å². The van der Waals surface area contributed by atoms with Crippen LogP contribution in [0.2, 0.25) is 0 Å². The number of hydrazine groups is 1. The van der Waals surface area contributed by atoms with Gasteiger partial charge in [0.1, 0.15) is 17.2 Å². The average Bonchev–Trinajstić information content (AvgIpc) is 2.71. The number of carbonyl (C=O) groups is 3. The first-order chi connectivity index (χ1) is 13.0. The van der Waals surface area contributed by atoms with E-state index in [0.29, 0.717) is 22.9 Å². The van der Waals surface area contributed by atoms with E-state index in [1.807, 2.05) is 5.43 Å². The summed E-state index contributed by atoms with van der Waals surface area (Å²) in [5, 5.41) is 2.38. The highest BCUT2D eigenvalue weighted by Gasteiger charge is 2.14. The molecule has 0 aliphatic carbocycles. The molecule has 0 unspecified atom stereocenters. The average molecular weight is 373 g/mol. The van der Waals surface area contributed by atoms with Gasteiger partial charge in [-0.1, -0.05) is 0 Å². The van der Waals surface area contributed by atoms with Crippen molar-refractivity contribution in [1.29, 1.82) is 0 Å². The summed E-state index contributed by atoms with van der Waals surface area (Å²) >= 11 is 0. The molecule has 9 nitrogen and oxygen atoms in total.